The van der Waals surface area contributed by atoms with E-state index in [2.05, 4.69) is 18.9 Å². The maximum Gasteiger partial charge on any atom is 0.164 e. The number of nitrogens with zero attached hydrogens (tertiary/aromatic N) is 2. The Hall–Kier alpha value is -1.16. The Morgan fingerprint density at radius 1 is 1.33 bits per heavy atom. The van der Waals surface area contributed by atoms with Gasteiger partial charge >= 0.3 is 0 Å². The number of Topliss-reactive ketones (excluding diaryl/α,β-unsaturated/α-hetero) is 1. The highest BCUT2D eigenvalue weighted by Gasteiger charge is 2.43. The summed E-state index contributed by atoms with van der Waals surface area (Å²) in [5, 5.41) is 4.15. The number of hydrogen-bond donors (Lipinski definition) is 0. The van der Waals surface area contributed by atoms with Gasteiger partial charge in [-0.15, -0.1) is 0 Å². The van der Waals surface area contributed by atoms with E-state index < -0.39 is 5.60 Å². The monoisotopic (exact) mass is 292 g/mol. The van der Waals surface area contributed by atoms with Gasteiger partial charge in [0.05, 0.1) is 6.20 Å². The largest absolute Gasteiger partial charge is 0.368 e. The minimum Gasteiger partial charge on any atom is -0.368 e. The molecule has 2 rings (SSSR count). The molecule has 4 heteroatoms. The van der Waals surface area contributed by atoms with Gasteiger partial charge in [0, 0.05) is 26.3 Å². The lowest BCUT2D eigenvalue weighted by Crippen LogP contribution is -2.46. The quantitative estimate of drug-likeness (QED) is 0.808. The molecule has 0 bridgehead atoms. The van der Waals surface area contributed by atoms with Crippen LogP contribution < -0.4 is 0 Å². The van der Waals surface area contributed by atoms with Gasteiger partial charge in [0.25, 0.3) is 0 Å². The molecule has 0 spiro atoms. The highest BCUT2D eigenvalue weighted by Crippen LogP contribution is 2.43. The Morgan fingerprint density at radius 3 is 2.52 bits per heavy atom. The van der Waals surface area contributed by atoms with Gasteiger partial charge < -0.3 is 4.74 Å². The molecule has 0 unspecified atom stereocenters. The van der Waals surface area contributed by atoms with Crippen molar-refractivity contribution in [2.75, 3.05) is 6.61 Å². The summed E-state index contributed by atoms with van der Waals surface area (Å²) in [6.45, 7) is 7.15. The Kier molecular flexibility index (Phi) is 4.87. The summed E-state index contributed by atoms with van der Waals surface area (Å²) in [7, 11) is 1.90. The molecule has 0 saturated heterocycles. The molecule has 0 amide bonds. The number of carbonyl (C=O) groups is 1. The highest BCUT2D eigenvalue weighted by molar-refractivity contribution is 5.87. The van der Waals surface area contributed by atoms with Crippen LogP contribution in [0.5, 0.6) is 0 Å². The van der Waals surface area contributed by atoms with Crippen molar-refractivity contribution >= 4 is 5.78 Å². The third-order valence-corrected chi connectivity index (χ3v) is 4.74. The standard InChI is InChI=1S/C17H28N2O2/c1-5-21-17(10-8-16(2,3)9-11-17)15(20)7-6-14-12-18-19(4)13-14/h12-13H,5-11H2,1-4H3. The first-order chi connectivity index (χ1) is 9.87. The van der Waals surface area contributed by atoms with Gasteiger partial charge in [-0.05, 0) is 50.0 Å². The fraction of sp³-hybridized carbons (Fsp3) is 0.765. The average Bonchev–Trinajstić information content (AvgIpc) is 2.85. The van der Waals surface area contributed by atoms with Crippen molar-refractivity contribution in [3.8, 4) is 0 Å². The van der Waals surface area contributed by atoms with E-state index in [0.717, 1.165) is 37.7 Å². The molecule has 1 fully saturated rings. The van der Waals surface area contributed by atoms with Crippen LogP contribution in [-0.4, -0.2) is 27.8 Å². The smallest absolute Gasteiger partial charge is 0.164 e. The van der Waals surface area contributed by atoms with Crippen LogP contribution in [0.1, 0.15) is 58.4 Å². The molecular weight excluding hydrogens is 264 g/mol. The van der Waals surface area contributed by atoms with Gasteiger partial charge in [-0.2, -0.15) is 5.10 Å². The lowest BCUT2D eigenvalue weighted by atomic mass is 9.69. The summed E-state index contributed by atoms with van der Waals surface area (Å²) in [5.41, 5.74) is 0.921. The van der Waals surface area contributed by atoms with E-state index in [1.807, 2.05) is 26.4 Å². The van der Waals surface area contributed by atoms with Crippen molar-refractivity contribution in [1.29, 1.82) is 0 Å². The van der Waals surface area contributed by atoms with E-state index in [-0.39, 0.29) is 5.78 Å². The summed E-state index contributed by atoms with van der Waals surface area (Å²) < 4.78 is 7.73. The van der Waals surface area contributed by atoms with Crippen LogP contribution in [0.2, 0.25) is 0 Å². The van der Waals surface area contributed by atoms with Crippen LogP contribution >= 0.6 is 0 Å². The molecule has 1 aliphatic carbocycles. The Balaban J connectivity index is 1.99. The highest BCUT2D eigenvalue weighted by atomic mass is 16.5. The van der Waals surface area contributed by atoms with Gasteiger partial charge in [0.1, 0.15) is 5.60 Å². The van der Waals surface area contributed by atoms with Gasteiger partial charge in [-0.3, -0.25) is 9.48 Å². The fourth-order valence-corrected chi connectivity index (χ4v) is 3.20. The van der Waals surface area contributed by atoms with Crippen LogP contribution in [-0.2, 0) is 23.0 Å². The van der Waals surface area contributed by atoms with Crippen molar-refractivity contribution < 1.29 is 9.53 Å². The SMILES string of the molecule is CCOC1(C(=O)CCc2cnn(C)c2)CCC(C)(C)CC1. The van der Waals surface area contributed by atoms with Crippen molar-refractivity contribution in [2.24, 2.45) is 12.5 Å². The van der Waals surface area contributed by atoms with Crippen LogP contribution in [0.15, 0.2) is 12.4 Å². The molecule has 0 atom stereocenters. The van der Waals surface area contributed by atoms with Crippen LogP contribution in [0.25, 0.3) is 0 Å². The van der Waals surface area contributed by atoms with Gasteiger partial charge in [-0.1, -0.05) is 13.8 Å². The molecule has 1 aliphatic rings. The zero-order valence-electron chi connectivity index (χ0n) is 13.8. The zero-order valence-corrected chi connectivity index (χ0v) is 13.8. The fourth-order valence-electron chi connectivity index (χ4n) is 3.20. The molecule has 4 nitrogen and oxygen atoms in total. The predicted molar refractivity (Wildman–Crippen MR) is 83.1 cm³/mol. The van der Waals surface area contributed by atoms with Gasteiger partial charge in [0.15, 0.2) is 5.78 Å². The Labute approximate surface area is 127 Å². The average molecular weight is 292 g/mol. The molecule has 118 valence electrons. The van der Waals surface area contributed by atoms with E-state index >= 15 is 0 Å². The zero-order chi connectivity index (χ0) is 15.5. The number of aryl methyl sites for hydroxylation is 2. The van der Waals surface area contributed by atoms with E-state index in [9.17, 15) is 4.79 Å². The first-order valence-corrected chi connectivity index (χ1v) is 8.02. The topological polar surface area (TPSA) is 44.1 Å². The maximum absolute atomic E-state index is 12.7. The molecule has 1 aromatic heterocycles. The molecule has 0 radical (unpaired) electrons. The van der Waals surface area contributed by atoms with Crippen LogP contribution in [0.4, 0.5) is 0 Å². The third-order valence-electron chi connectivity index (χ3n) is 4.74. The molecule has 0 aromatic carbocycles. The van der Waals surface area contributed by atoms with Gasteiger partial charge in [-0.25, -0.2) is 0 Å². The number of aromatic nitrogens is 2. The summed E-state index contributed by atoms with van der Waals surface area (Å²) in [6.07, 6.45) is 8.96. The van der Waals surface area contributed by atoms with Crippen molar-refractivity contribution in [1.82, 2.24) is 9.78 Å². The predicted octanol–water partition coefficient (Wildman–Crippen LogP) is 3.30. The molecule has 1 heterocycles. The normalized spacial score (nSPS) is 20.4. The number of carbonyl (C=O) groups excluding carboxylic acids is 1. The van der Waals surface area contributed by atoms with Crippen molar-refractivity contribution in [3.05, 3.63) is 18.0 Å². The molecule has 0 aliphatic heterocycles. The van der Waals surface area contributed by atoms with E-state index in [1.165, 1.54) is 0 Å². The first-order valence-electron chi connectivity index (χ1n) is 8.02. The van der Waals surface area contributed by atoms with E-state index in [1.54, 1.807) is 4.68 Å². The second-order valence-corrected chi connectivity index (χ2v) is 7.04. The van der Waals surface area contributed by atoms with Gasteiger partial charge in [0.2, 0.25) is 0 Å². The molecule has 21 heavy (non-hydrogen) atoms. The van der Waals surface area contributed by atoms with Crippen molar-refractivity contribution in [3.63, 3.8) is 0 Å². The summed E-state index contributed by atoms with van der Waals surface area (Å²) in [5.74, 6) is 0.267. The lowest BCUT2D eigenvalue weighted by Gasteiger charge is -2.42. The number of rotatable bonds is 6. The lowest BCUT2D eigenvalue weighted by molar-refractivity contribution is -0.152. The Bertz CT molecular complexity index is 481. The molecule has 0 N–H and O–H groups in total. The summed E-state index contributed by atoms with van der Waals surface area (Å²) >= 11 is 0. The van der Waals surface area contributed by atoms with Crippen molar-refractivity contribution in [2.45, 2.75) is 64.9 Å². The van der Waals surface area contributed by atoms with E-state index in [4.69, 9.17) is 4.74 Å². The maximum atomic E-state index is 12.7. The van der Waals surface area contributed by atoms with Crippen LogP contribution in [0, 0.1) is 5.41 Å². The number of ether oxygens (including phenoxy) is 1. The summed E-state index contributed by atoms with van der Waals surface area (Å²) in [4.78, 5) is 12.7. The third kappa shape index (κ3) is 3.94. The minimum absolute atomic E-state index is 0.267. The first kappa shape index (κ1) is 16.2. The molecule has 1 aromatic rings. The minimum atomic E-state index is -0.535. The van der Waals surface area contributed by atoms with E-state index in [0.29, 0.717) is 18.4 Å². The number of ketones is 1. The van der Waals surface area contributed by atoms with Crippen LogP contribution in [0.3, 0.4) is 0 Å². The molecule has 1 saturated carbocycles. The second-order valence-electron chi connectivity index (χ2n) is 7.04. The Morgan fingerprint density at radius 2 is 2.00 bits per heavy atom. The summed E-state index contributed by atoms with van der Waals surface area (Å²) in [6, 6.07) is 0. The molecular formula is C17H28N2O2. The second kappa shape index (κ2) is 6.30. The number of hydrogen-bond acceptors (Lipinski definition) is 3.